The summed E-state index contributed by atoms with van der Waals surface area (Å²) in [6.45, 7) is 2.11. The van der Waals surface area contributed by atoms with Gasteiger partial charge in [-0.2, -0.15) is 0 Å². The van der Waals surface area contributed by atoms with E-state index in [4.69, 9.17) is 32.4 Å². The van der Waals surface area contributed by atoms with Gasteiger partial charge in [-0.25, -0.2) is 9.78 Å². The normalized spacial score (nSPS) is 11.1. The fourth-order valence-electron chi connectivity index (χ4n) is 3.41. The number of aryl methyl sites for hydroxylation is 1. The van der Waals surface area contributed by atoms with Gasteiger partial charge in [0.25, 0.3) is 0 Å². The molecule has 170 valence electrons. The van der Waals surface area contributed by atoms with E-state index in [1.54, 1.807) is 12.1 Å². The van der Waals surface area contributed by atoms with Crippen LogP contribution in [0.4, 0.5) is 0 Å². The fourth-order valence-corrected chi connectivity index (χ4v) is 4.92. The highest BCUT2D eigenvalue weighted by atomic mass is 35.5. The van der Waals surface area contributed by atoms with Gasteiger partial charge in [0.1, 0.15) is 17.5 Å². The molecular weight excluding hydrogens is 497 g/mol. The second kappa shape index (κ2) is 9.06. The van der Waals surface area contributed by atoms with E-state index >= 15 is 0 Å². The Bertz CT molecular complexity index is 1530. The number of pyridine rings is 1. The van der Waals surface area contributed by atoms with Crippen molar-refractivity contribution in [2.75, 3.05) is 0 Å². The highest BCUT2D eigenvalue weighted by Gasteiger charge is 2.18. The van der Waals surface area contributed by atoms with Crippen molar-refractivity contribution in [2.24, 2.45) is 0 Å². The zero-order chi connectivity index (χ0) is 23.8. The summed E-state index contributed by atoms with van der Waals surface area (Å²) >= 11 is 13.5. The van der Waals surface area contributed by atoms with Crippen LogP contribution in [0.5, 0.6) is 5.75 Å². The van der Waals surface area contributed by atoms with Crippen LogP contribution in [0.3, 0.4) is 0 Å². The average Bonchev–Trinajstić information content (AvgIpc) is 3.47. The maximum atomic E-state index is 11.5. The van der Waals surface area contributed by atoms with Crippen molar-refractivity contribution in [3.8, 4) is 28.7 Å². The van der Waals surface area contributed by atoms with Crippen LogP contribution in [0, 0.1) is 6.92 Å². The van der Waals surface area contributed by atoms with E-state index in [-0.39, 0.29) is 17.3 Å². The van der Waals surface area contributed by atoms with Gasteiger partial charge in [-0.3, -0.25) is 0 Å². The third-order valence-corrected chi connectivity index (χ3v) is 6.79. The molecule has 3 heterocycles. The van der Waals surface area contributed by atoms with Gasteiger partial charge in [0.15, 0.2) is 0 Å². The first-order valence-electron chi connectivity index (χ1n) is 10.0. The Balaban J connectivity index is 1.41. The van der Waals surface area contributed by atoms with Gasteiger partial charge in [-0.1, -0.05) is 29.3 Å². The maximum absolute atomic E-state index is 11.5. The molecule has 0 saturated carbocycles. The predicted octanol–water partition coefficient (Wildman–Crippen LogP) is 6.91. The summed E-state index contributed by atoms with van der Waals surface area (Å²) in [4.78, 5) is 15.5. The molecule has 5 rings (SSSR count). The third kappa shape index (κ3) is 4.23. The lowest BCUT2D eigenvalue weighted by Crippen LogP contribution is -2.00. The number of nitrogens with zero attached hydrogens (tertiary/aromatic N) is 3. The number of fused-ring (bicyclic) bond motifs is 1. The van der Waals surface area contributed by atoms with Crippen LogP contribution < -0.4 is 4.74 Å². The SMILES string of the molecule is Cc1ccc(-c2nnc(-c3ccc(Cl)cc3)o2)cc1OCc1csc2c(C(=O)O)cnc(Cl)c12. The molecule has 0 unspecified atom stereocenters. The second-order valence-corrected chi connectivity index (χ2v) is 9.10. The number of carbonyl (C=O) groups is 1. The van der Waals surface area contributed by atoms with Crippen molar-refractivity contribution in [3.63, 3.8) is 0 Å². The Morgan fingerprint density at radius 1 is 1.09 bits per heavy atom. The molecule has 0 amide bonds. The standard InChI is InChI=1S/C24H15Cl2N3O4S/c1-12-2-3-14(23-29-28-22(33-23)13-4-6-16(25)7-5-13)8-18(12)32-10-15-11-34-20-17(24(30)31)9-27-21(26)19(15)20/h2-9,11H,10H2,1H3,(H,30,31). The third-order valence-electron chi connectivity index (χ3n) is 5.19. The number of halogens is 2. The highest BCUT2D eigenvalue weighted by Crippen LogP contribution is 2.35. The summed E-state index contributed by atoms with van der Waals surface area (Å²) in [5, 5.41) is 21.0. The monoisotopic (exact) mass is 511 g/mol. The molecule has 2 aromatic carbocycles. The van der Waals surface area contributed by atoms with Crippen molar-refractivity contribution in [3.05, 3.63) is 80.9 Å². The number of ether oxygens (including phenoxy) is 1. The summed E-state index contributed by atoms with van der Waals surface area (Å²) < 4.78 is 12.5. The molecule has 0 saturated heterocycles. The Kier molecular flexibility index (Phi) is 5.95. The molecule has 0 radical (unpaired) electrons. The van der Waals surface area contributed by atoms with E-state index in [2.05, 4.69) is 15.2 Å². The molecule has 34 heavy (non-hydrogen) atoms. The minimum Gasteiger partial charge on any atom is -0.489 e. The number of benzene rings is 2. The Morgan fingerprint density at radius 3 is 2.53 bits per heavy atom. The number of thiophene rings is 1. The van der Waals surface area contributed by atoms with Crippen molar-refractivity contribution < 1.29 is 19.1 Å². The zero-order valence-corrected chi connectivity index (χ0v) is 19.9. The number of aromatic nitrogens is 3. The van der Waals surface area contributed by atoms with Crippen LogP contribution in [0.1, 0.15) is 21.5 Å². The minimum absolute atomic E-state index is 0.113. The summed E-state index contributed by atoms with van der Waals surface area (Å²) in [7, 11) is 0. The Labute approximate surface area is 207 Å². The van der Waals surface area contributed by atoms with E-state index in [0.29, 0.717) is 38.2 Å². The number of aromatic carboxylic acids is 1. The van der Waals surface area contributed by atoms with Gasteiger partial charge in [0, 0.05) is 33.3 Å². The Morgan fingerprint density at radius 2 is 1.79 bits per heavy atom. The van der Waals surface area contributed by atoms with Gasteiger partial charge in [-0.05, 0) is 54.3 Å². The van der Waals surface area contributed by atoms with E-state index in [1.165, 1.54) is 17.5 Å². The van der Waals surface area contributed by atoms with Crippen LogP contribution >= 0.6 is 34.5 Å². The smallest absolute Gasteiger partial charge is 0.338 e. The molecule has 7 nitrogen and oxygen atoms in total. The van der Waals surface area contributed by atoms with E-state index < -0.39 is 5.97 Å². The number of carboxylic acid groups (broad SMARTS) is 1. The van der Waals surface area contributed by atoms with Crippen LogP contribution in [0.25, 0.3) is 33.0 Å². The number of hydrogen-bond acceptors (Lipinski definition) is 7. The van der Waals surface area contributed by atoms with Crippen LogP contribution in [0.2, 0.25) is 10.2 Å². The molecule has 0 fully saturated rings. The van der Waals surface area contributed by atoms with Gasteiger partial charge in [0.2, 0.25) is 11.8 Å². The minimum atomic E-state index is -1.05. The molecule has 0 aliphatic carbocycles. The number of rotatable bonds is 6. The van der Waals surface area contributed by atoms with Crippen molar-refractivity contribution >= 4 is 50.6 Å². The molecule has 0 aliphatic heterocycles. The molecule has 0 aliphatic rings. The van der Waals surface area contributed by atoms with E-state index in [9.17, 15) is 9.90 Å². The van der Waals surface area contributed by atoms with E-state index in [1.807, 2.05) is 42.6 Å². The first-order valence-corrected chi connectivity index (χ1v) is 11.7. The lowest BCUT2D eigenvalue weighted by molar-refractivity contribution is 0.0699. The first kappa shape index (κ1) is 22.3. The summed E-state index contributed by atoms with van der Waals surface area (Å²) in [5.41, 5.74) is 3.25. The lowest BCUT2D eigenvalue weighted by atomic mass is 10.1. The fraction of sp³-hybridized carbons (Fsp3) is 0.0833. The average molecular weight is 512 g/mol. The van der Waals surface area contributed by atoms with Crippen molar-refractivity contribution in [1.29, 1.82) is 0 Å². The van der Waals surface area contributed by atoms with Gasteiger partial charge in [-0.15, -0.1) is 21.5 Å². The Hall–Kier alpha value is -3.46. The maximum Gasteiger partial charge on any atom is 0.338 e. The zero-order valence-electron chi connectivity index (χ0n) is 17.6. The van der Waals surface area contributed by atoms with Crippen LogP contribution in [-0.2, 0) is 6.61 Å². The van der Waals surface area contributed by atoms with Crippen molar-refractivity contribution in [1.82, 2.24) is 15.2 Å². The molecule has 3 aromatic heterocycles. The quantitative estimate of drug-likeness (QED) is 0.247. The van der Waals surface area contributed by atoms with Gasteiger partial charge < -0.3 is 14.3 Å². The lowest BCUT2D eigenvalue weighted by Gasteiger charge is -2.10. The molecule has 0 bridgehead atoms. The summed E-state index contributed by atoms with van der Waals surface area (Å²) in [6.07, 6.45) is 1.27. The highest BCUT2D eigenvalue weighted by molar-refractivity contribution is 7.17. The second-order valence-electron chi connectivity index (χ2n) is 7.42. The first-order chi connectivity index (χ1) is 16.4. The van der Waals surface area contributed by atoms with Crippen LogP contribution in [0.15, 0.2) is 58.5 Å². The topological polar surface area (TPSA) is 98.3 Å². The molecule has 5 aromatic rings. The molecule has 10 heteroatoms. The number of hydrogen-bond donors (Lipinski definition) is 1. The molecule has 1 N–H and O–H groups in total. The van der Waals surface area contributed by atoms with Gasteiger partial charge >= 0.3 is 5.97 Å². The van der Waals surface area contributed by atoms with Crippen LogP contribution in [-0.4, -0.2) is 26.3 Å². The van der Waals surface area contributed by atoms with Gasteiger partial charge in [0.05, 0.1) is 10.3 Å². The molecule has 0 spiro atoms. The summed E-state index contributed by atoms with van der Waals surface area (Å²) in [5.74, 6) is 0.316. The molecule has 0 atom stereocenters. The van der Waals surface area contributed by atoms with Crippen molar-refractivity contribution in [2.45, 2.75) is 13.5 Å². The predicted molar refractivity (Wildman–Crippen MR) is 131 cm³/mol. The number of carboxylic acids is 1. The summed E-state index contributed by atoms with van der Waals surface area (Å²) in [6, 6.07) is 12.7. The van der Waals surface area contributed by atoms with E-state index in [0.717, 1.165) is 16.7 Å². The largest absolute Gasteiger partial charge is 0.489 e. The molecular formula is C24H15Cl2N3O4S.